The van der Waals surface area contributed by atoms with Gasteiger partial charge in [0.15, 0.2) is 0 Å². The summed E-state index contributed by atoms with van der Waals surface area (Å²) in [6.07, 6.45) is 2.96. The van der Waals surface area contributed by atoms with E-state index in [0.717, 1.165) is 12.8 Å². The topological polar surface area (TPSA) is 70.1 Å². The third kappa shape index (κ3) is 4.95. The highest BCUT2D eigenvalue weighted by Gasteiger charge is 2.28. The zero-order chi connectivity index (χ0) is 17.6. The largest absolute Gasteiger partial charge is 0.415 e. The lowest BCUT2D eigenvalue weighted by Crippen LogP contribution is -2.43. The fourth-order valence-electron chi connectivity index (χ4n) is 3.46. The van der Waals surface area contributed by atoms with Crippen molar-refractivity contribution in [3.63, 3.8) is 0 Å². The van der Waals surface area contributed by atoms with Crippen molar-refractivity contribution in [2.75, 3.05) is 26.2 Å². The third-order valence-corrected chi connectivity index (χ3v) is 5.10. The van der Waals surface area contributed by atoms with Crippen LogP contribution in [0.25, 0.3) is 0 Å². The molecule has 0 saturated carbocycles. The number of hydrogen-bond acceptors (Lipinski definition) is 4. The molecule has 2 saturated heterocycles. The molecule has 0 spiro atoms. The highest BCUT2D eigenvalue weighted by molar-refractivity contribution is 5.76. The number of aliphatic hydroxyl groups excluding tert-OH is 1. The summed E-state index contributed by atoms with van der Waals surface area (Å²) in [7, 11) is 0. The summed E-state index contributed by atoms with van der Waals surface area (Å²) in [6, 6.07) is 9.07. The highest BCUT2D eigenvalue weighted by Crippen LogP contribution is 2.23. The van der Waals surface area contributed by atoms with Crippen LogP contribution in [0.5, 0.6) is 5.75 Å². The molecule has 0 aliphatic carbocycles. The maximum Gasteiger partial charge on any atom is 0.415 e. The number of para-hydroxylation sites is 1. The minimum absolute atomic E-state index is 0.178. The lowest BCUT2D eigenvalue weighted by atomic mass is 9.92. The van der Waals surface area contributed by atoms with Crippen LogP contribution in [0.4, 0.5) is 4.79 Å². The molecule has 2 heterocycles. The second-order valence-electron chi connectivity index (χ2n) is 6.93. The molecule has 0 radical (unpaired) electrons. The van der Waals surface area contributed by atoms with Gasteiger partial charge in [0.05, 0.1) is 6.10 Å². The molecule has 0 atom stereocenters. The molecule has 1 aromatic carbocycles. The predicted molar refractivity (Wildman–Crippen MR) is 93.2 cm³/mol. The van der Waals surface area contributed by atoms with Gasteiger partial charge in [0.1, 0.15) is 5.75 Å². The Morgan fingerprint density at radius 2 is 1.56 bits per heavy atom. The summed E-state index contributed by atoms with van der Waals surface area (Å²) < 4.78 is 5.36. The molecular weight excluding hydrogens is 320 g/mol. The fraction of sp³-hybridized carbons (Fsp3) is 0.579. The van der Waals surface area contributed by atoms with Gasteiger partial charge < -0.3 is 19.6 Å². The summed E-state index contributed by atoms with van der Waals surface area (Å²) in [4.78, 5) is 28.1. The number of rotatable bonds is 3. The molecule has 3 rings (SSSR count). The Labute approximate surface area is 148 Å². The van der Waals surface area contributed by atoms with Gasteiger partial charge in [-0.15, -0.1) is 0 Å². The van der Waals surface area contributed by atoms with Crippen molar-refractivity contribution in [1.29, 1.82) is 0 Å². The van der Waals surface area contributed by atoms with E-state index >= 15 is 0 Å². The van der Waals surface area contributed by atoms with E-state index in [9.17, 15) is 14.7 Å². The van der Waals surface area contributed by atoms with E-state index in [1.165, 1.54) is 0 Å². The Balaban J connectivity index is 1.41. The standard InChI is InChI=1S/C19H26N2O4/c22-16-8-12-20(13-9-16)18(23)14-15-6-10-21(11-7-15)19(24)25-17-4-2-1-3-5-17/h1-5,15-16,22H,6-14H2. The van der Waals surface area contributed by atoms with Gasteiger partial charge >= 0.3 is 6.09 Å². The van der Waals surface area contributed by atoms with Gasteiger partial charge in [0.25, 0.3) is 0 Å². The van der Waals surface area contributed by atoms with E-state index in [1.54, 1.807) is 17.0 Å². The van der Waals surface area contributed by atoms with Crippen molar-refractivity contribution in [3.05, 3.63) is 30.3 Å². The Morgan fingerprint density at radius 1 is 0.960 bits per heavy atom. The van der Waals surface area contributed by atoms with Crippen LogP contribution in [-0.2, 0) is 4.79 Å². The van der Waals surface area contributed by atoms with Crippen molar-refractivity contribution in [3.8, 4) is 5.75 Å². The van der Waals surface area contributed by atoms with E-state index in [1.807, 2.05) is 23.1 Å². The second-order valence-corrected chi connectivity index (χ2v) is 6.93. The predicted octanol–water partition coefficient (Wildman–Crippen LogP) is 2.27. The number of carbonyl (C=O) groups is 2. The van der Waals surface area contributed by atoms with Crippen LogP contribution in [0.15, 0.2) is 30.3 Å². The normalized spacial score (nSPS) is 19.7. The fourth-order valence-corrected chi connectivity index (χ4v) is 3.46. The number of ether oxygens (including phenoxy) is 1. The average Bonchev–Trinajstić information content (AvgIpc) is 2.63. The van der Waals surface area contributed by atoms with Gasteiger partial charge in [0.2, 0.25) is 5.91 Å². The molecule has 1 aromatic rings. The lowest BCUT2D eigenvalue weighted by molar-refractivity contribution is -0.134. The quantitative estimate of drug-likeness (QED) is 0.911. The van der Waals surface area contributed by atoms with Crippen LogP contribution in [0.3, 0.4) is 0 Å². The zero-order valence-corrected chi connectivity index (χ0v) is 14.5. The Kier molecular flexibility index (Phi) is 5.91. The smallest absolute Gasteiger partial charge is 0.410 e. The number of nitrogens with zero attached hydrogens (tertiary/aromatic N) is 2. The van der Waals surface area contributed by atoms with Crippen LogP contribution < -0.4 is 4.74 Å². The third-order valence-electron chi connectivity index (χ3n) is 5.10. The maximum absolute atomic E-state index is 12.4. The maximum atomic E-state index is 12.4. The molecule has 2 amide bonds. The Bertz CT molecular complexity index is 576. The van der Waals surface area contributed by atoms with Crippen molar-refractivity contribution >= 4 is 12.0 Å². The van der Waals surface area contributed by atoms with Crippen LogP contribution in [0.1, 0.15) is 32.1 Å². The molecular formula is C19H26N2O4. The van der Waals surface area contributed by atoms with Crippen molar-refractivity contribution in [1.82, 2.24) is 9.80 Å². The van der Waals surface area contributed by atoms with E-state index in [4.69, 9.17) is 4.74 Å². The first-order chi connectivity index (χ1) is 12.1. The van der Waals surface area contributed by atoms with Crippen LogP contribution in [0.2, 0.25) is 0 Å². The first kappa shape index (κ1) is 17.7. The van der Waals surface area contributed by atoms with E-state index in [0.29, 0.717) is 57.1 Å². The molecule has 1 N–H and O–H groups in total. The molecule has 6 heteroatoms. The van der Waals surface area contributed by atoms with Crippen LogP contribution in [-0.4, -0.2) is 59.2 Å². The first-order valence-electron chi connectivity index (χ1n) is 9.09. The molecule has 136 valence electrons. The molecule has 0 aromatic heterocycles. The monoisotopic (exact) mass is 346 g/mol. The van der Waals surface area contributed by atoms with Crippen molar-refractivity contribution < 1.29 is 19.4 Å². The summed E-state index contributed by atoms with van der Waals surface area (Å²) >= 11 is 0. The average molecular weight is 346 g/mol. The molecule has 2 aliphatic rings. The van der Waals surface area contributed by atoms with Gasteiger partial charge in [-0.3, -0.25) is 4.79 Å². The van der Waals surface area contributed by atoms with E-state index in [2.05, 4.69) is 0 Å². The summed E-state index contributed by atoms with van der Waals surface area (Å²) in [5, 5.41) is 9.53. The van der Waals surface area contributed by atoms with E-state index < -0.39 is 0 Å². The number of amides is 2. The Hall–Kier alpha value is -2.08. The molecule has 0 unspecified atom stereocenters. The van der Waals surface area contributed by atoms with Gasteiger partial charge in [-0.2, -0.15) is 0 Å². The van der Waals surface area contributed by atoms with Gasteiger partial charge in [0, 0.05) is 32.6 Å². The van der Waals surface area contributed by atoms with Gasteiger partial charge in [-0.1, -0.05) is 18.2 Å². The van der Waals surface area contributed by atoms with Gasteiger partial charge in [-0.05, 0) is 43.7 Å². The molecule has 2 fully saturated rings. The van der Waals surface area contributed by atoms with Crippen molar-refractivity contribution in [2.24, 2.45) is 5.92 Å². The summed E-state index contributed by atoms with van der Waals surface area (Å²) in [5.41, 5.74) is 0. The molecule has 6 nitrogen and oxygen atoms in total. The minimum atomic E-state index is -0.319. The number of aliphatic hydroxyl groups is 1. The first-order valence-corrected chi connectivity index (χ1v) is 9.09. The number of carbonyl (C=O) groups excluding carboxylic acids is 2. The second kappa shape index (κ2) is 8.34. The minimum Gasteiger partial charge on any atom is -0.410 e. The number of piperidine rings is 2. The SMILES string of the molecule is O=C(CC1CCN(C(=O)Oc2ccccc2)CC1)N1CCC(O)CC1. The Morgan fingerprint density at radius 3 is 2.20 bits per heavy atom. The number of benzene rings is 1. The zero-order valence-electron chi connectivity index (χ0n) is 14.5. The number of hydrogen-bond donors (Lipinski definition) is 1. The van der Waals surface area contributed by atoms with Crippen LogP contribution >= 0.6 is 0 Å². The molecule has 2 aliphatic heterocycles. The summed E-state index contributed by atoms with van der Waals surface area (Å²) in [6.45, 7) is 2.56. The molecule has 25 heavy (non-hydrogen) atoms. The summed E-state index contributed by atoms with van der Waals surface area (Å²) in [5.74, 6) is 1.05. The van der Waals surface area contributed by atoms with Crippen molar-refractivity contribution in [2.45, 2.75) is 38.2 Å². The molecule has 0 bridgehead atoms. The lowest BCUT2D eigenvalue weighted by Gasteiger charge is -2.34. The highest BCUT2D eigenvalue weighted by atomic mass is 16.6. The van der Waals surface area contributed by atoms with E-state index in [-0.39, 0.29) is 18.1 Å². The van der Waals surface area contributed by atoms with Gasteiger partial charge in [-0.25, -0.2) is 4.79 Å². The van der Waals surface area contributed by atoms with Crippen LogP contribution in [0, 0.1) is 5.92 Å². The number of likely N-dealkylation sites (tertiary alicyclic amines) is 2.